The van der Waals surface area contributed by atoms with Crippen LogP contribution in [0.1, 0.15) is 76.7 Å². The number of Topliss-reactive ketones (excluding diaryl/α,β-unsaturated/α-hetero) is 1. The number of halogens is 3. The van der Waals surface area contributed by atoms with E-state index in [2.05, 4.69) is 5.16 Å². The van der Waals surface area contributed by atoms with Gasteiger partial charge in [0.1, 0.15) is 10.5 Å². The Labute approximate surface area is 192 Å². The van der Waals surface area contributed by atoms with E-state index >= 15 is 0 Å². The number of hydrogen-bond acceptors (Lipinski definition) is 7. The number of aromatic nitrogens is 1. The van der Waals surface area contributed by atoms with Crippen LogP contribution in [0.5, 0.6) is 0 Å². The highest BCUT2D eigenvalue weighted by Gasteiger charge is 2.44. The van der Waals surface area contributed by atoms with Crippen LogP contribution in [0.2, 0.25) is 0 Å². The number of nitrogens with zero attached hydrogens (tertiary/aromatic N) is 1. The van der Waals surface area contributed by atoms with E-state index in [4.69, 9.17) is 14.0 Å². The Bertz CT molecular complexity index is 915. The van der Waals surface area contributed by atoms with Gasteiger partial charge in [0.2, 0.25) is 0 Å². The third kappa shape index (κ3) is 6.36. The first-order valence-corrected chi connectivity index (χ1v) is 13.0. The van der Waals surface area contributed by atoms with Crippen molar-refractivity contribution in [2.75, 3.05) is 19.0 Å². The van der Waals surface area contributed by atoms with Crippen molar-refractivity contribution in [3.8, 4) is 0 Å². The van der Waals surface area contributed by atoms with E-state index in [1.807, 2.05) is 0 Å². The lowest BCUT2D eigenvalue weighted by Crippen LogP contribution is -2.43. The average molecular weight is 496 g/mol. The molecular formula is C22H32F3NO6S. The van der Waals surface area contributed by atoms with Gasteiger partial charge in [-0.15, -0.1) is 0 Å². The molecule has 0 aromatic carbocycles. The maximum absolute atomic E-state index is 12.8. The molecule has 1 atom stereocenters. The molecule has 33 heavy (non-hydrogen) atoms. The fraction of sp³-hybridized carbons (Fsp3) is 0.818. The molecule has 1 saturated carbocycles. The molecule has 0 N–H and O–H groups in total. The Morgan fingerprint density at radius 1 is 1.24 bits per heavy atom. The van der Waals surface area contributed by atoms with Gasteiger partial charge in [-0.3, -0.25) is 4.79 Å². The van der Waals surface area contributed by atoms with Gasteiger partial charge >= 0.3 is 6.18 Å². The Balaban J connectivity index is 1.60. The van der Waals surface area contributed by atoms with Crippen molar-refractivity contribution < 1.29 is 40.4 Å². The van der Waals surface area contributed by atoms with Gasteiger partial charge in [0.05, 0.1) is 24.5 Å². The van der Waals surface area contributed by atoms with E-state index in [0.29, 0.717) is 18.9 Å². The first kappa shape index (κ1) is 26.2. The number of ether oxygens (including phenoxy) is 2. The van der Waals surface area contributed by atoms with Crippen LogP contribution in [0.4, 0.5) is 13.2 Å². The number of rotatable bonds is 11. The molecule has 0 radical (unpaired) electrons. The van der Waals surface area contributed by atoms with Crippen molar-refractivity contribution >= 4 is 15.6 Å². The first-order chi connectivity index (χ1) is 15.3. The quantitative estimate of drug-likeness (QED) is 0.452. The van der Waals surface area contributed by atoms with Gasteiger partial charge < -0.3 is 14.0 Å². The lowest BCUT2D eigenvalue weighted by molar-refractivity contribution is -0.177. The smallest absolute Gasteiger partial charge is 0.361 e. The molecule has 2 fully saturated rings. The zero-order valence-electron chi connectivity index (χ0n) is 19.1. The molecule has 1 aromatic heterocycles. The van der Waals surface area contributed by atoms with Gasteiger partial charge in [-0.25, -0.2) is 8.42 Å². The predicted molar refractivity (Wildman–Crippen MR) is 113 cm³/mol. The molecule has 0 bridgehead atoms. The minimum absolute atomic E-state index is 0.229. The van der Waals surface area contributed by atoms with Crippen molar-refractivity contribution in [2.45, 2.75) is 94.3 Å². The van der Waals surface area contributed by atoms with Crippen molar-refractivity contribution in [3.05, 3.63) is 17.5 Å². The van der Waals surface area contributed by atoms with Crippen LogP contribution in [0.3, 0.4) is 0 Å². The molecule has 1 saturated heterocycles. The third-order valence-corrected chi connectivity index (χ3v) is 9.36. The van der Waals surface area contributed by atoms with Crippen molar-refractivity contribution in [3.63, 3.8) is 0 Å². The molecule has 1 unspecified atom stereocenters. The van der Waals surface area contributed by atoms with E-state index in [0.717, 1.165) is 38.5 Å². The molecule has 1 aliphatic carbocycles. The summed E-state index contributed by atoms with van der Waals surface area (Å²) in [6.45, 7) is 3.56. The summed E-state index contributed by atoms with van der Waals surface area (Å²) >= 11 is 0. The summed E-state index contributed by atoms with van der Waals surface area (Å²) < 4.78 is 77.3. The van der Waals surface area contributed by atoms with Crippen molar-refractivity contribution in [2.24, 2.45) is 0 Å². The van der Waals surface area contributed by atoms with Gasteiger partial charge in [0.15, 0.2) is 21.9 Å². The Kier molecular flexibility index (Phi) is 7.95. The van der Waals surface area contributed by atoms with Gasteiger partial charge in [-0.1, -0.05) is 11.6 Å². The highest BCUT2D eigenvalue weighted by atomic mass is 32.2. The molecule has 11 heteroatoms. The van der Waals surface area contributed by atoms with E-state index in [1.165, 1.54) is 13.8 Å². The van der Waals surface area contributed by atoms with Crippen LogP contribution in [-0.2, 0) is 35.9 Å². The SMILES string of the molecule is CC(C)(C(=O)Cc1cc(C2(COC3CCCCO3)CCC2)no1)S(=O)(=O)CCCC(F)(F)F. The summed E-state index contributed by atoms with van der Waals surface area (Å²) in [6.07, 6.45) is -1.10. The molecule has 2 aliphatic rings. The first-order valence-electron chi connectivity index (χ1n) is 11.4. The molecule has 2 heterocycles. The average Bonchev–Trinajstić information content (AvgIpc) is 3.15. The van der Waals surface area contributed by atoms with Crippen LogP contribution in [0, 0.1) is 0 Å². The van der Waals surface area contributed by atoms with E-state index in [9.17, 15) is 26.4 Å². The molecule has 0 spiro atoms. The number of carbonyl (C=O) groups is 1. The zero-order valence-corrected chi connectivity index (χ0v) is 19.9. The van der Waals surface area contributed by atoms with Gasteiger partial charge in [-0.2, -0.15) is 13.2 Å². The minimum atomic E-state index is -4.44. The molecule has 1 aromatic rings. The Hall–Kier alpha value is -1.46. The van der Waals surface area contributed by atoms with Crippen molar-refractivity contribution in [1.29, 1.82) is 0 Å². The number of sulfone groups is 1. The Morgan fingerprint density at radius 3 is 2.55 bits per heavy atom. The minimum Gasteiger partial charge on any atom is -0.361 e. The lowest BCUT2D eigenvalue weighted by Gasteiger charge is -2.40. The second-order valence-electron chi connectivity index (χ2n) is 9.57. The van der Waals surface area contributed by atoms with Crippen molar-refractivity contribution in [1.82, 2.24) is 5.16 Å². The van der Waals surface area contributed by atoms with Crippen LogP contribution in [-0.4, -0.2) is 55.5 Å². The lowest BCUT2D eigenvalue weighted by atomic mass is 9.67. The molecule has 188 valence electrons. The van der Waals surface area contributed by atoms with Crippen LogP contribution < -0.4 is 0 Å². The summed E-state index contributed by atoms with van der Waals surface area (Å²) in [5.41, 5.74) is 0.350. The summed E-state index contributed by atoms with van der Waals surface area (Å²) in [7, 11) is -4.08. The van der Waals surface area contributed by atoms with Crippen LogP contribution >= 0.6 is 0 Å². The van der Waals surface area contributed by atoms with Gasteiger partial charge in [-0.05, 0) is 52.4 Å². The maximum atomic E-state index is 12.8. The topological polar surface area (TPSA) is 95.7 Å². The maximum Gasteiger partial charge on any atom is 0.389 e. The second-order valence-corrected chi connectivity index (χ2v) is 12.2. The molecular weight excluding hydrogens is 463 g/mol. The number of hydrogen-bond donors (Lipinski definition) is 0. The summed E-state index contributed by atoms with van der Waals surface area (Å²) in [6, 6.07) is 1.66. The van der Waals surface area contributed by atoms with E-state index < -0.39 is 45.1 Å². The number of alkyl halides is 3. The summed E-state index contributed by atoms with van der Waals surface area (Å²) in [5, 5.41) is 4.13. The largest absolute Gasteiger partial charge is 0.389 e. The zero-order chi connectivity index (χ0) is 24.3. The highest BCUT2D eigenvalue weighted by molar-refractivity contribution is 7.93. The predicted octanol–water partition coefficient (Wildman–Crippen LogP) is 4.29. The fourth-order valence-electron chi connectivity index (χ4n) is 4.08. The Morgan fingerprint density at radius 2 is 1.97 bits per heavy atom. The standard InChI is InChI=1S/C22H32F3NO6S/c1-20(2,33(28,29)12-6-10-22(23,24)25)18(27)14-16-13-17(26-32-16)21(8-5-9-21)15-31-19-7-3-4-11-30-19/h13,19H,3-12,14-15H2,1-2H3. The molecule has 3 rings (SSSR count). The highest BCUT2D eigenvalue weighted by Crippen LogP contribution is 2.44. The van der Waals surface area contributed by atoms with E-state index in [1.54, 1.807) is 6.07 Å². The monoisotopic (exact) mass is 495 g/mol. The van der Waals surface area contributed by atoms with Crippen LogP contribution in [0.15, 0.2) is 10.6 Å². The fourth-order valence-corrected chi connectivity index (χ4v) is 5.54. The second kappa shape index (κ2) is 10.0. The number of carbonyl (C=O) groups excluding carboxylic acids is 1. The molecule has 7 nitrogen and oxygen atoms in total. The number of ketones is 1. The summed E-state index contributed by atoms with van der Waals surface area (Å²) in [5.74, 6) is -1.13. The normalized spacial score (nSPS) is 21.5. The molecule has 1 aliphatic heterocycles. The third-order valence-electron chi connectivity index (χ3n) is 6.75. The van der Waals surface area contributed by atoms with Gasteiger partial charge in [0.25, 0.3) is 0 Å². The summed E-state index contributed by atoms with van der Waals surface area (Å²) in [4.78, 5) is 12.8. The van der Waals surface area contributed by atoms with Crippen LogP contribution in [0.25, 0.3) is 0 Å². The van der Waals surface area contributed by atoms with E-state index in [-0.39, 0.29) is 23.9 Å². The molecule has 0 amide bonds. The van der Waals surface area contributed by atoms with Gasteiger partial charge in [0, 0.05) is 24.5 Å².